The van der Waals surface area contributed by atoms with Crippen LogP contribution in [0.25, 0.3) is 22.6 Å². The lowest BCUT2D eigenvalue weighted by Crippen LogP contribution is -2.21. The Labute approximate surface area is 151 Å². The largest absolute Gasteiger partial charge is 0.431 e. The number of aromatic nitrogens is 1. The number of benzene rings is 2. The molecule has 3 nitrogen and oxygen atoms in total. The van der Waals surface area contributed by atoms with Gasteiger partial charge in [0.2, 0.25) is 0 Å². The van der Waals surface area contributed by atoms with Gasteiger partial charge in [-0.1, -0.05) is 78.8 Å². The highest BCUT2D eigenvalue weighted by atomic mass is 32.2. The van der Waals surface area contributed by atoms with Crippen molar-refractivity contribution in [1.29, 1.82) is 0 Å². The number of Topliss-reactive ketones (excluding diaryl/α,β-unsaturated/α-hetero) is 1. The highest BCUT2D eigenvalue weighted by molar-refractivity contribution is 8.00. The summed E-state index contributed by atoms with van der Waals surface area (Å²) in [7, 11) is 0. The number of thioether (sulfide) groups is 1. The lowest BCUT2D eigenvalue weighted by Gasteiger charge is -2.17. The molecule has 0 saturated heterocycles. The van der Waals surface area contributed by atoms with Gasteiger partial charge in [-0.25, -0.2) is 4.98 Å². The van der Waals surface area contributed by atoms with Crippen molar-refractivity contribution in [2.75, 3.05) is 0 Å². The van der Waals surface area contributed by atoms with Crippen LogP contribution in [-0.2, 0) is 4.79 Å². The molecule has 0 N–H and O–H groups in total. The van der Waals surface area contributed by atoms with Crippen LogP contribution in [0.15, 0.2) is 70.3 Å². The van der Waals surface area contributed by atoms with E-state index in [2.05, 4.69) is 0 Å². The fourth-order valence-corrected chi connectivity index (χ4v) is 4.18. The van der Waals surface area contributed by atoms with Crippen LogP contribution in [0.4, 0.5) is 0 Å². The molecule has 0 spiro atoms. The second-order valence-corrected chi connectivity index (χ2v) is 7.36. The molecule has 4 heteroatoms. The summed E-state index contributed by atoms with van der Waals surface area (Å²) in [6, 6.07) is 20.1. The first-order valence-corrected chi connectivity index (χ1v) is 9.50. The highest BCUT2D eigenvalue weighted by Gasteiger charge is 2.26. The Bertz CT molecular complexity index is 801. The first-order valence-electron chi connectivity index (χ1n) is 8.62. The third-order valence-corrected chi connectivity index (χ3v) is 5.59. The minimum absolute atomic E-state index is 0.0281. The van der Waals surface area contributed by atoms with E-state index in [4.69, 9.17) is 9.40 Å². The summed E-state index contributed by atoms with van der Waals surface area (Å²) in [6.45, 7) is 0. The van der Waals surface area contributed by atoms with Crippen molar-refractivity contribution in [3.8, 4) is 22.6 Å². The predicted molar refractivity (Wildman–Crippen MR) is 100 cm³/mol. The Morgan fingerprint density at radius 2 is 1.60 bits per heavy atom. The van der Waals surface area contributed by atoms with Gasteiger partial charge in [-0.05, 0) is 12.8 Å². The second kappa shape index (κ2) is 7.28. The molecule has 0 aliphatic heterocycles. The molecule has 1 heterocycles. The summed E-state index contributed by atoms with van der Waals surface area (Å²) in [5, 5.41) is 0.553. The van der Waals surface area contributed by atoms with Gasteiger partial charge in [-0.15, -0.1) is 0 Å². The Morgan fingerprint density at radius 3 is 2.28 bits per heavy atom. The molecule has 1 aromatic heterocycles. The van der Waals surface area contributed by atoms with E-state index < -0.39 is 0 Å². The third-order valence-electron chi connectivity index (χ3n) is 4.43. The molecule has 1 aliphatic carbocycles. The van der Waals surface area contributed by atoms with E-state index in [9.17, 15) is 4.79 Å². The summed E-state index contributed by atoms with van der Waals surface area (Å²) in [4.78, 5) is 16.9. The second-order valence-electron chi connectivity index (χ2n) is 6.21. The minimum atomic E-state index is -0.0281. The SMILES string of the molecule is O=C1CCCC[C@H]1Sc1nc(-c2ccccc2)c(-c2ccccc2)o1. The minimum Gasteiger partial charge on any atom is -0.431 e. The monoisotopic (exact) mass is 349 g/mol. The normalized spacial score (nSPS) is 17.6. The fourth-order valence-electron chi connectivity index (χ4n) is 3.13. The van der Waals surface area contributed by atoms with E-state index >= 15 is 0 Å². The number of carbonyl (C=O) groups is 1. The predicted octanol–water partition coefficient (Wildman–Crippen LogP) is 5.61. The Morgan fingerprint density at radius 1 is 0.920 bits per heavy atom. The van der Waals surface area contributed by atoms with Crippen molar-refractivity contribution < 1.29 is 9.21 Å². The van der Waals surface area contributed by atoms with Gasteiger partial charge < -0.3 is 4.42 Å². The number of hydrogen-bond acceptors (Lipinski definition) is 4. The van der Waals surface area contributed by atoms with Gasteiger partial charge in [-0.3, -0.25) is 4.79 Å². The maximum Gasteiger partial charge on any atom is 0.257 e. The zero-order valence-electron chi connectivity index (χ0n) is 13.9. The molecule has 1 atom stereocenters. The summed E-state index contributed by atoms with van der Waals surface area (Å²) >= 11 is 1.47. The van der Waals surface area contributed by atoms with Crippen molar-refractivity contribution in [1.82, 2.24) is 4.98 Å². The van der Waals surface area contributed by atoms with E-state index in [0.29, 0.717) is 17.4 Å². The maximum atomic E-state index is 12.1. The van der Waals surface area contributed by atoms with Crippen molar-refractivity contribution in [3.05, 3.63) is 60.7 Å². The molecule has 1 saturated carbocycles. The molecule has 0 radical (unpaired) electrons. The van der Waals surface area contributed by atoms with E-state index in [0.717, 1.165) is 41.8 Å². The van der Waals surface area contributed by atoms with E-state index in [1.54, 1.807) is 0 Å². The van der Waals surface area contributed by atoms with Gasteiger partial charge >= 0.3 is 0 Å². The van der Waals surface area contributed by atoms with Crippen LogP contribution in [0.1, 0.15) is 25.7 Å². The van der Waals surface area contributed by atoms with E-state index in [1.807, 2.05) is 60.7 Å². The number of hydrogen-bond donors (Lipinski definition) is 0. The number of rotatable bonds is 4. The molecule has 0 unspecified atom stereocenters. The summed E-state index contributed by atoms with van der Waals surface area (Å²) < 4.78 is 6.11. The zero-order chi connectivity index (χ0) is 17.1. The molecule has 25 heavy (non-hydrogen) atoms. The molecule has 4 rings (SSSR count). The topological polar surface area (TPSA) is 43.1 Å². The van der Waals surface area contributed by atoms with Gasteiger partial charge in [-0.2, -0.15) is 0 Å². The molecule has 3 aromatic rings. The van der Waals surface area contributed by atoms with Gasteiger partial charge in [0, 0.05) is 17.5 Å². The van der Waals surface area contributed by atoms with Crippen LogP contribution < -0.4 is 0 Å². The molecule has 0 amide bonds. The van der Waals surface area contributed by atoms with Crippen LogP contribution in [-0.4, -0.2) is 16.0 Å². The van der Waals surface area contributed by atoms with Crippen LogP contribution in [0.3, 0.4) is 0 Å². The Kier molecular flexibility index (Phi) is 4.70. The van der Waals surface area contributed by atoms with Crippen molar-refractivity contribution in [3.63, 3.8) is 0 Å². The molecule has 126 valence electrons. The molecule has 1 aliphatic rings. The smallest absolute Gasteiger partial charge is 0.257 e. The fraction of sp³-hybridized carbons (Fsp3) is 0.238. The molecular formula is C21H19NO2S. The van der Waals surface area contributed by atoms with Gasteiger partial charge in [0.1, 0.15) is 11.5 Å². The lowest BCUT2D eigenvalue weighted by molar-refractivity contribution is -0.119. The van der Waals surface area contributed by atoms with Gasteiger partial charge in [0.05, 0.1) is 5.25 Å². The van der Waals surface area contributed by atoms with Gasteiger partial charge in [0.15, 0.2) is 5.76 Å². The maximum absolute atomic E-state index is 12.1. The molecular weight excluding hydrogens is 330 g/mol. The van der Waals surface area contributed by atoms with Crippen molar-refractivity contribution in [2.24, 2.45) is 0 Å². The van der Waals surface area contributed by atoms with E-state index in [1.165, 1.54) is 11.8 Å². The van der Waals surface area contributed by atoms with Crippen molar-refractivity contribution in [2.45, 2.75) is 36.2 Å². The first kappa shape index (κ1) is 16.2. The zero-order valence-corrected chi connectivity index (χ0v) is 14.7. The average molecular weight is 349 g/mol. The summed E-state index contributed by atoms with van der Waals surface area (Å²) in [5.41, 5.74) is 2.85. The quantitative estimate of drug-likeness (QED) is 0.614. The molecule has 1 fully saturated rings. The van der Waals surface area contributed by atoms with Crippen LogP contribution >= 0.6 is 11.8 Å². The number of oxazole rings is 1. The van der Waals surface area contributed by atoms with Crippen LogP contribution in [0.2, 0.25) is 0 Å². The molecule has 2 aromatic carbocycles. The number of ketones is 1. The number of nitrogens with zero attached hydrogens (tertiary/aromatic N) is 1. The standard InChI is InChI=1S/C21H19NO2S/c23-17-13-7-8-14-18(17)25-21-22-19(15-9-3-1-4-10-15)20(24-21)16-11-5-2-6-12-16/h1-6,9-12,18H,7-8,13-14H2/t18-/m1/s1. The van der Waals surface area contributed by atoms with Crippen molar-refractivity contribution >= 4 is 17.5 Å². The Hall–Kier alpha value is -2.33. The average Bonchev–Trinajstić information content (AvgIpc) is 3.09. The molecule has 0 bridgehead atoms. The van der Waals surface area contributed by atoms with Crippen LogP contribution in [0.5, 0.6) is 0 Å². The first-order chi connectivity index (χ1) is 12.3. The summed E-state index contributed by atoms with van der Waals surface area (Å²) in [6.07, 6.45) is 3.69. The third kappa shape index (κ3) is 3.54. The van der Waals surface area contributed by atoms with E-state index in [-0.39, 0.29) is 5.25 Å². The van der Waals surface area contributed by atoms with Crippen LogP contribution in [0, 0.1) is 0 Å². The highest BCUT2D eigenvalue weighted by Crippen LogP contribution is 2.38. The Balaban J connectivity index is 1.72. The summed E-state index contributed by atoms with van der Waals surface area (Å²) in [5.74, 6) is 1.08. The lowest BCUT2D eigenvalue weighted by atomic mass is 9.99. The number of carbonyl (C=O) groups excluding carboxylic acids is 1. The van der Waals surface area contributed by atoms with Gasteiger partial charge in [0.25, 0.3) is 5.22 Å².